The van der Waals surface area contributed by atoms with Gasteiger partial charge in [0.2, 0.25) is 0 Å². The van der Waals surface area contributed by atoms with E-state index in [9.17, 15) is 0 Å². The number of aromatic nitrogens is 2. The van der Waals surface area contributed by atoms with E-state index in [4.69, 9.17) is 4.42 Å². The number of hydrogen-bond acceptors (Lipinski definition) is 3. The van der Waals surface area contributed by atoms with Gasteiger partial charge in [-0.3, -0.25) is 4.68 Å². The molecule has 0 saturated carbocycles. The maximum atomic E-state index is 6.04. The summed E-state index contributed by atoms with van der Waals surface area (Å²) < 4.78 is 7.97. The van der Waals surface area contributed by atoms with Crippen LogP contribution in [0.25, 0.3) is 11.0 Å². The lowest BCUT2D eigenvalue weighted by Gasteiger charge is -2.16. The van der Waals surface area contributed by atoms with Gasteiger partial charge in [0.15, 0.2) is 0 Å². The van der Waals surface area contributed by atoms with Crippen LogP contribution < -0.4 is 5.32 Å². The van der Waals surface area contributed by atoms with E-state index in [1.807, 2.05) is 36.9 Å². The topological polar surface area (TPSA) is 43.0 Å². The van der Waals surface area contributed by atoms with Crippen LogP contribution in [0.1, 0.15) is 36.5 Å². The first-order chi connectivity index (χ1) is 10.2. The van der Waals surface area contributed by atoms with Crippen LogP contribution >= 0.6 is 0 Å². The summed E-state index contributed by atoms with van der Waals surface area (Å²) in [6.07, 6.45) is 1.08. The molecule has 1 unspecified atom stereocenters. The second-order valence-electron chi connectivity index (χ2n) is 5.41. The van der Waals surface area contributed by atoms with E-state index in [0.717, 1.165) is 41.1 Å². The van der Waals surface area contributed by atoms with E-state index in [2.05, 4.69) is 35.5 Å². The number of fused-ring (bicyclic) bond motifs is 1. The quantitative estimate of drug-likeness (QED) is 0.778. The highest BCUT2D eigenvalue weighted by Crippen LogP contribution is 2.28. The Kier molecular flexibility index (Phi) is 3.80. The smallest absolute Gasteiger partial charge is 0.134 e. The Balaban J connectivity index is 2.04. The predicted molar refractivity (Wildman–Crippen MR) is 84.3 cm³/mol. The van der Waals surface area contributed by atoms with Gasteiger partial charge in [-0.1, -0.05) is 25.1 Å². The molecule has 0 radical (unpaired) electrons. The van der Waals surface area contributed by atoms with Crippen LogP contribution in [-0.4, -0.2) is 16.3 Å². The van der Waals surface area contributed by atoms with Crippen molar-refractivity contribution in [3.63, 3.8) is 0 Å². The van der Waals surface area contributed by atoms with Crippen molar-refractivity contribution in [1.29, 1.82) is 0 Å². The number of nitrogens with zero attached hydrogens (tertiary/aromatic N) is 2. The molecule has 21 heavy (non-hydrogen) atoms. The molecule has 110 valence electrons. The van der Waals surface area contributed by atoms with Crippen LogP contribution in [-0.2, 0) is 7.05 Å². The molecule has 4 heteroatoms. The molecule has 0 bridgehead atoms. The normalized spacial score (nSPS) is 12.9. The molecule has 3 aromatic rings. The molecule has 3 rings (SSSR count). The van der Waals surface area contributed by atoms with Crippen molar-refractivity contribution in [2.75, 3.05) is 6.54 Å². The minimum atomic E-state index is 0.0311. The molecule has 0 fully saturated rings. The molecule has 2 heterocycles. The van der Waals surface area contributed by atoms with Crippen molar-refractivity contribution in [2.45, 2.75) is 26.3 Å². The summed E-state index contributed by atoms with van der Waals surface area (Å²) in [6.45, 7) is 5.11. The highest BCUT2D eigenvalue weighted by atomic mass is 16.3. The van der Waals surface area contributed by atoms with Crippen LogP contribution in [0.2, 0.25) is 0 Å². The third-order valence-corrected chi connectivity index (χ3v) is 3.66. The zero-order valence-electron chi connectivity index (χ0n) is 12.8. The molecule has 1 atom stereocenters. The summed E-state index contributed by atoms with van der Waals surface area (Å²) in [5.41, 5.74) is 3.07. The lowest BCUT2D eigenvalue weighted by atomic mass is 10.1. The molecule has 1 aromatic carbocycles. The lowest BCUT2D eigenvalue weighted by molar-refractivity contribution is 0.451. The molecule has 0 aliphatic carbocycles. The van der Waals surface area contributed by atoms with Crippen molar-refractivity contribution in [3.05, 3.63) is 53.5 Å². The second kappa shape index (κ2) is 5.74. The van der Waals surface area contributed by atoms with Crippen molar-refractivity contribution in [2.24, 2.45) is 7.05 Å². The largest absolute Gasteiger partial charge is 0.459 e. The molecule has 2 aromatic heterocycles. The number of benzene rings is 1. The van der Waals surface area contributed by atoms with Gasteiger partial charge in [-0.05, 0) is 38.1 Å². The first-order valence-electron chi connectivity index (χ1n) is 7.41. The average Bonchev–Trinajstić information content (AvgIpc) is 3.03. The van der Waals surface area contributed by atoms with E-state index in [0.29, 0.717) is 0 Å². The standard InChI is InChI=1S/C17H21N3O/c1-4-9-18-17(14-10-12(2)19-20(14)3)16-11-13-7-5-6-8-15(13)21-16/h5-8,10-11,17-18H,4,9H2,1-3H3. The first-order valence-corrected chi connectivity index (χ1v) is 7.41. The Morgan fingerprint density at radius 2 is 2.10 bits per heavy atom. The number of aryl methyl sites for hydroxylation is 2. The summed E-state index contributed by atoms with van der Waals surface area (Å²) in [5, 5.41) is 9.15. The van der Waals surface area contributed by atoms with Crippen molar-refractivity contribution in [1.82, 2.24) is 15.1 Å². The maximum absolute atomic E-state index is 6.04. The molecule has 0 amide bonds. The van der Waals surface area contributed by atoms with E-state index in [1.54, 1.807) is 0 Å². The zero-order chi connectivity index (χ0) is 14.8. The number of para-hydroxylation sites is 1. The minimum Gasteiger partial charge on any atom is -0.459 e. The van der Waals surface area contributed by atoms with Gasteiger partial charge in [0, 0.05) is 12.4 Å². The summed E-state index contributed by atoms with van der Waals surface area (Å²) in [4.78, 5) is 0. The molecule has 0 saturated heterocycles. The van der Waals surface area contributed by atoms with Crippen LogP contribution in [0.4, 0.5) is 0 Å². The third kappa shape index (κ3) is 2.72. The fourth-order valence-corrected chi connectivity index (χ4v) is 2.69. The van der Waals surface area contributed by atoms with Gasteiger partial charge in [-0.25, -0.2) is 0 Å². The number of hydrogen-bond donors (Lipinski definition) is 1. The van der Waals surface area contributed by atoms with Crippen LogP contribution in [0, 0.1) is 6.92 Å². The van der Waals surface area contributed by atoms with Gasteiger partial charge in [0.25, 0.3) is 0 Å². The molecule has 0 aliphatic heterocycles. The van der Waals surface area contributed by atoms with Crippen molar-refractivity contribution < 1.29 is 4.42 Å². The van der Waals surface area contributed by atoms with Crippen LogP contribution in [0.5, 0.6) is 0 Å². The third-order valence-electron chi connectivity index (χ3n) is 3.66. The number of furan rings is 1. The van der Waals surface area contributed by atoms with Gasteiger partial charge in [0.05, 0.1) is 11.4 Å². The second-order valence-corrected chi connectivity index (χ2v) is 5.41. The average molecular weight is 283 g/mol. The summed E-state index contributed by atoms with van der Waals surface area (Å²) in [6, 6.07) is 12.4. The number of nitrogens with one attached hydrogen (secondary N) is 1. The SMILES string of the molecule is CCCNC(c1cc2ccccc2o1)c1cc(C)nn1C. The Labute approximate surface area is 124 Å². The molecule has 0 aliphatic rings. The summed E-state index contributed by atoms with van der Waals surface area (Å²) in [7, 11) is 1.98. The minimum absolute atomic E-state index is 0.0311. The van der Waals surface area contributed by atoms with Gasteiger partial charge in [0.1, 0.15) is 17.4 Å². The van der Waals surface area contributed by atoms with E-state index >= 15 is 0 Å². The van der Waals surface area contributed by atoms with E-state index < -0.39 is 0 Å². The zero-order valence-corrected chi connectivity index (χ0v) is 12.8. The Hall–Kier alpha value is -2.07. The highest BCUT2D eigenvalue weighted by molar-refractivity contribution is 5.77. The number of rotatable bonds is 5. The van der Waals surface area contributed by atoms with Crippen molar-refractivity contribution in [3.8, 4) is 0 Å². The molecule has 0 spiro atoms. The first kappa shape index (κ1) is 13.9. The van der Waals surface area contributed by atoms with Crippen LogP contribution in [0.3, 0.4) is 0 Å². The van der Waals surface area contributed by atoms with Crippen LogP contribution in [0.15, 0.2) is 40.8 Å². The fraction of sp³-hybridized carbons (Fsp3) is 0.353. The molecular formula is C17H21N3O. The monoisotopic (exact) mass is 283 g/mol. The van der Waals surface area contributed by atoms with Gasteiger partial charge < -0.3 is 9.73 Å². The predicted octanol–water partition coefficient (Wildman–Crippen LogP) is 3.56. The Bertz CT molecular complexity index is 708. The van der Waals surface area contributed by atoms with Crippen molar-refractivity contribution >= 4 is 11.0 Å². The van der Waals surface area contributed by atoms with Gasteiger partial charge in [-0.15, -0.1) is 0 Å². The molecule has 1 N–H and O–H groups in total. The van der Waals surface area contributed by atoms with Gasteiger partial charge >= 0.3 is 0 Å². The summed E-state index contributed by atoms with van der Waals surface area (Å²) in [5.74, 6) is 0.938. The Morgan fingerprint density at radius 1 is 1.29 bits per heavy atom. The van der Waals surface area contributed by atoms with E-state index in [1.165, 1.54) is 0 Å². The fourth-order valence-electron chi connectivity index (χ4n) is 2.69. The lowest BCUT2D eigenvalue weighted by Crippen LogP contribution is -2.24. The Morgan fingerprint density at radius 3 is 2.76 bits per heavy atom. The highest BCUT2D eigenvalue weighted by Gasteiger charge is 2.21. The molecular weight excluding hydrogens is 262 g/mol. The summed E-state index contributed by atoms with van der Waals surface area (Å²) >= 11 is 0. The maximum Gasteiger partial charge on any atom is 0.134 e. The van der Waals surface area contributed by atoms with E-state index in [-0.39, 0.29) is 6.04 Å². The van der Waals surface area contributed by atoms with Gasteiger partial charge in [-0.2, -0.15) is 5.10 Å². The molecule has 4 nitrogen and oxygen atoms in total.